The van der Waals surface area contributed by atoms with E-state index in [1.165, 1.54) is 64.6 Å². The normalized spacial score (nSPS) is 25.9. The molecule has 1 aliphatic carbocycles. The van der Waals surface area contributed by atoms with Gasteiger partial charge >= 0.3 is 0 Å². The zero-order valence-corrected chi connectivity index (χ0v) is 11.8. The fraction of sp³-hybridized carbons (Fsp3) is 1.00. The Morgan fingerprint density at radius 2 is 1.82 bits per heavy atom. The second kappa shape index (κ2) is 6.75. The molecule has 2 nitrogen and oxygen atoms in total. The van der Waals surface area contributed by atoms with Crippen LogP contribution in [0.1, 0.15) is 58.8 Å². The zero-order valence-electron chi connectivity index (χ0n) is 11.8. The molecule has 0 spiro atoms. The SMILES string of the molecule is CCCC(CCC)NCC1CCN(C2CC2)C1. The average Bonchev–Trinajstić information content (AvgIpc) is 3.07. The first-order valence-electron chi connectivity index (χ1n) is 7.80. The van der Waals surface area contributed by atoms with Gasteiger partial charge in [0.15, 0.2) is 0 Å². The summed E-state index contributed by atoms with van der Waals surface area (Å²) in [6.45, 7) is 8.59. The Kier molecular flexibility index (Phi) is 5.30. The van der Waals surface area contributed by atoms with E-state index in [4.69, 9.17) is 0 Å². The van der Waals surface area contributed by atoms with Crippen molar-refractivity contribution in [1.29, 1.82) is 0 Å². The minimum Gasteiger partial charge on any atom is -0.314 e. The number of likely N-dealkylation sites (tertiary alicyclic amines) is 1. The summed E-state index contributed by atoms with van der Waals surface area (Å²) in [6, 6.07) is 1.75. The van der Waals surface area contributed by atoms with Crippen LogP contribution in [0.4, 0.5) is 0 Å². The number of nitrogens with one attached hydrogen (secondary N) is 1. The standard InChI is InChI=1S/C15H30N2/c1-3-5-14(6-4-2)16-11-13-9-10-17(12-13)15-7-8-15/h13-16H,3-12H2,1-2H3. The summed E-state index contributed by atoms with van der Waals surface area (Å²) in [5, 5.41) is 3.82. The lowest BCUT2D eigenvalue weighted by Crippen LogP contribution is -2.34. The van der Waals surface area contributed by atoms with E-state index < -0.39 is 0 Å². The van der Waals surface area contributed by atoms with Crippen LogP contribution in [-0.4, -0.2) is 36.6 Å². The van der Waals surface area contributed by atoms with Crippen LogP contribution in [0, 0.1) is 5.92 Å². The van der Waals surface area contributed by atoms with E-state index in [0.29, 0.717) is 0 Å². The van der Waals surface area contributed by atoms with Gasteiger partial charge in [-0.15, -0.1) is 0 Å². The van der Waals surface area contributed by atoms with Gasteiger partial charge in [-0.3, -0.25) is 0 Å². The van der Waals surface area contributed by atoms with E-state index >= 15 is 0 Å². The Morgan fingerprint density at radius 3 is 2.41 bits per heavy atom. The van der Waals surface area contributed by atoms with Crippen molar-refractivity contribution in [3.63, 3.8) is 0 Å². The molecule has 2 rings (SSSR count). The molecule has 2 fully saturated rings. The first kappa shape index (κ1) is 13.4. The highest BCUT2D eigenvalue weighted by molar-refractivity contribution is 4.90. The molecule has 1 aliphatic heterocycles. The Balaban J connectivity index is 1.62. The van der Waals surface area contributed by atoms with Crippen LogP contribution in [0.25, 0.3) is 0 Å². The van der Waals surface area contributed by atoms with Gasteiger partial charge in [0.1, 0.15) is 0 Å². The maximum Gasteiger partial charge on any atom is 0.00965 e. The van der Waals surface area contributed by atoms with Crippen molar-refractivity contribution in [3.8, 4) is 0 Å². The minimum atomic E-state index is 0.778. The summed E-state index contributed by atoms with van der Waals surface area (Å²) in [4.78, 5) is 2.72. The molecule has 0 aromatic carbocycles. The quantitative estimate of drug-likeness (QED) is 0.699. The third kappa shape index (κ3) is 4.26. The molecule has 0 aromatic heterocycles. The van der Waals surface area contributed by atoms with E-state index in [2.05, 4.69) is 24.1 Å². The molecule has 0 aromatic rings. The summed E-state index contributed by atoms with van der Waals surface area (Å²) < 4.78 is 0. The monoisotopic (exact) mass is 238 g/mol. The van der Waals surface area contributed by atoms with E-state index in [-0.39, 0.29) is 0 Å². The topological polar surface area (TPSA) is 15.3 Å². The molecule has 17 heavy (non-hydrogen) atoms. The number of hydrogen-bond acceptors (Lipinski definition) is 2. The third-order valence-corrected chi connectivity index (χ3v) is 4.35. The van der Waals surface area contributed by atoms with Crippen molar-refractivity contribution in [2.75, 3.05) is 19.6 Å². The predicted octanol–water partition coefficient (Wildman–Crippen LogP) is 3.03. The first-order chi connectivity index (χ1) is 8.33. The van der Waals surface area contributed by atoms with Gasteiger partial charge in [-0.25, -0.2) is 0 Å². The highest BCUT2D eigenvalue weighted by Crippen LogP contribution is 2.31. The molecule has 1 saturated heterocycles. The number of rotatable bonds is 8. The largest absolute Gasteiger partial charge is 0.314 e. The van der Waals surface area contributed by atoms with Gasteiger partial charge in [-0.05, 0) is 51.1 Å². The molecular weight excluding hydrogens is 208 g/mol. The van der Waals surface area contributed by atoms with Crippen LogP contribution in [0.2, 0.25) is 0 Å². The highest BCUT2D eigenvalue weighted by Gasteiger charge is 2.34. The zero-order chi connectivity index (χ0) is 12.1. The minimum absolute atomic E-state index is 0.778. The summed E-state index contributed by atoms with van der Waals surface area (Å²) in [5.74, 6) is 0.923. The maximum atomic E-state index is 3.82. The number of hydrogen-bond donors (Lipinski definition) is 1. The summed E-state index contributed by atoms with van der Waals surface area (Å²) in [7, 11) is 0. The van der Waals surface area contributed by atoms with E-state index in [1.54, 1.807) is 0 Å². The molecule has 1 saturated carbocycles. The Morgan fingerprint density at radius 1 is 1.12 bits per heavy atom. The van der Waals surface area contributed by atoms with Crippen LogP contribution in [0.3, 0.4) is 0 Å². The van der Waals surface area contributed by atoms with Gasteiger partial charge in [-0.2, -0.15) is 0 Å². The summed E-state index contributed by atoms with van der Waals surface area (Å²) >= 11 is 0. The van der Waals surface area contributed by atoms with Crippen molar-refractivity contribution >= 4 is 0 Å². The van der Waals surface area contributed by atoms with Gasteiger partial charge in [0, 0.05) is 18.6 Å². The van der Waals surface area contributed by atoms with Crippen molar-refractivity contribution < 1.29 is 0 Å². The molecule has 0 radical (unpaired) electrons. The molecule has 1 heterocycles. The van der Waals surface area contributed by atoms with E-state index in [1.807, 2.05) is 0 Å². The van der Waals surface area contributed by atoms with Crippen LogP contribution in [0.15, 0.2) is 0 Å². The highest BCUT2D eigenvalue weighted by atomic mass is 15.2. The summed E-state index contributed by atoms with van der Waals surface area (Å²) in [6.07, 6.45) is 9.70. The van der Waals surface area contributed by atoms with E-state index in [0.717, 1.165) is 18.0 Å². The number of nitrogens with zero attached hydrogens (tertiary/aromatic N) is 1. The Bertz CT molecular complexity index is 207. The Labute approximate surface area is 107 Å². The van der Waals surface area contributed by atoms with Gasteiger partial charge in [0.25, 0.3) is 0 Å². The van der Waals surface area contributed by atoms with Gasteiger partial charge in [0.2, 0.25) is 0 Å². The Hall–Kier alpha value is -0.0800. The molecule has 1 atom stereocenters. The fourth-order valence-electron chi connectivity index (χ4n) is 3.18. The molecule has 0 bridgehead atoms. The van der Waals surface area contributed by atoms with Crippen LogP contribution in [-0.2, 0) is 0 Å². The molecule has 100 valence electrons. The second-order valence-electron chi connectivity index (χ2n) is 6.06. The van der Waals surface area contributed by atoms with Crippen LogP contribution >= 0.6 is 0 Å². The van der Waals surface area contributed by atoms with Gasteiger partial charge in [-0.1, -0.05) is 26.7 Å². The third-order valence-electron chi connectivity index (χ3n) is 4.35. The molecule has 1 unspecified atom stereocenters. The van der Waals surface area contributed by atoms with E-state index in [9.17, 15) is 0 Å². The molecular formula is C15H30N2. The van der Waals surface area contributed by atoms with Crippen LogP contribution in [0.5, 0.6) is 0 Å². The van der Waals surface area contributed by atoms with Gasteiger partial charge < -0.3 is 10.2 Å². The molecule has 0 amide bonds. The smallest absolute Gasteiger partial charge is 0.00965 e. The molecule has 2 heteroatoms. The predicted molar refractivity (Wildman–Crippen MR) is 74.3 cm³/mol. The fourth-order valence-corrected chi connectivity index (χ4v) is 3.18. The first-order valence-corrected chi connectivity index (χ1v) is 7.80. The summed E-state index contributed by atoms with van der Waals surface area (Å²) in [5.41, 5.74) is 0. The second-order valence-corrected chi connectivity index (χ2v) is 6.06. The lowest BCUT2D eigenvalue weighted by molar-refractivity contribution is 0.307. The lowest BCUT2D eigenvalue weighted by atomic mass is 10.0. The van der Waals surface area contributed by atoms with Crippen molar-refractivity contribution in [3.05, 3.63) is 0 Å². The van der Waals surface area contributed by atoms with Crippen molar-refractivity contribution in [2.45, 2.75) is 70.9 Å². The molecule has 1 N–H and O–H groups in total. The maximum absolute atomic E-state index is 3.82. The van der Waals surface area contributed by atoms with Crippen molar-refractivity contribution in [2.24, 2.45) is 5.92 Å². The van der Waals surface area contributed by atoms with Crippen LogP contribution < -0.4 is 5.32 Å². The average molecular weight is 238 g/mol. The van der Waals surface area contributed by atoms with Crippen molar-refractivity contribution in [1.82, 2.24) is 10.2 Å². The lowest BCUT2D eigenvalue weighted by Gasteiger charge is -2.20. The van der Waals surface area contributed by atoms with Gasteiger partial charge in [0.05, 0.1) is 0 Å². The molecule has 2 aliphatic rings.